The number of nitrogens with zero attached hydrogens (tertiary/aromatic N) is 1. The quantitative estimate of drug-likeness (QED) is 0.546. The molecule has 0 bridgehead atoms. The van der Waals surface area contributed by atoms with Crippen LogP contribution in [0.4, 0.5) is 11.4 Å². The molecule has 62 valence electrons. The van der Waals surface area contributed by atoms with E-state index in [9.17, 15) is 0 Å². The topological polar surface area (TPSA) is 71.2 Å². The minimum absolute atomic E-state index is 0.681. The molecule has 0 aromatic carbocycles. The average Bonchev–Trinajstić information content (AvgIpc) is 2.09. The van der Waals surface area contributed by atoms with Gasteiger partial charge in [-0.2, -0.15) is 0 Å². The number of hydrogen-bond donors (Lipinski definition) is 3. The van der Waals surface area contributed by atoms with E-state index < -0.39 is 0 Å². The van der Waals surface area contributed by atoms with Gasteiger partial charge < -0.3 is 16.2 Å². The van der Waals surface area contributed by atoms with Crippen LogP contribution in [0.3, 0.4) is 0 Å². The van der Waals surface area contributed by atoms with Gasteiger partial charge in [0.25, 0.3) is 0 Å². The highest BCUT2D eigenvalue weighted by atomic mass is 16.2. The van der Waals surface area contributed by atoms with Gasteiger partial charge in [0, 0.05) is 20.4 Å². The van der Waals surface area contributed by atoms with Crippen LogP contribution in [0.2, 0.25) is 0 Å². The summed E-state index contributed by atoms with van der Waals surface area (Å²) in [6, 6.07) is 1.83. The zero-order valence-corrected chi connectivity index (χ0v) is 6.70. The van der Waals surface area contributed by atoms with Crippen molar-refractivity contribution in [3.63, 3.8) is 0 Å². The molecule has 1 rings (SSSR count). The van der Waals surface area contributed by atoms with Crippen molar-refractivity contribution in [3.05, 3.63) is 18.5 Å². The van der Waals surface area contributed by atoms with E-state index in [1.54, 1.807) is 12.4 Å². The molecule has 0 saturated carbocycles. The highest BCUT2D eigenvalue weighted by Crippen LogP contribution is 2.12. The molecule has 4 nitrogen and oxygen atoms in total. The number of nitrogen functional groups attached to an aromatic ring is 1. The monoisotopic (exact) mass is 155 g/mol. The Morgan fingerprint density at radius 1 is 1.55 bits per heavy atom. The second-order valence-corrected chi connectivity index (χ2v) is 1.71. The Hall–Kier alpha value is -1.29. The number of anilines is 2. The molecular weight excluding hydrogens is 142 g/mol. The maximum absolute atomic E-state index is 7.00. The van der Waals surface area contributed by atoms with E-state index in [2.05, 4.69) is 10.3 Å². The summed E-state index contributed by atoms with van der Waals surface area (Å²) in [5.41, 5.74) is 7.11. The molecule has 11 heavy (non-hydrogen) atoms. The number of rotatable bonds is 1. The Morgan fingerprint density at radius 2 is 2.18 bits per heavy atom. The minimum atomic E-state index is 0.681. The molecule has 0 spiro atoms. The molecule has 1 aromatic heterocycles. The summed E-state index contributed by atoms with van der Waals surface area (Å²) in [6.07, 6.45) is 3.31. The number of nitrogens with two attached hydrogens (primary N) is 1. The lowest BCUT2D eigenvalue weighted by Crippen LogP contribution is -1.94. The number of aromatic nitrogens is 1. The lowest BCUT2D eigenvalue weighted by atomic mass is 10.3. The van der Waals surface area contributed by atoms with E-state index in [-0.39, 0.29) is 0 Å². The van der Waals surface area contributed by atoms with Gasteiger partial charge in [0.2, 0.25) is 0 Å². The molecular formula is C7H13N3O. The first-order chi connectivity index (χ1) is 5.34. The molecule has 0 unspecified atom stereocenters. The molecule has 0 saturated heterocycles. The molecule has 4 N–H and O–H groups in total. The van der Waals surface area contributed by atoms with Gasteiger partial charge in [-0.05, 0) is 6.07 Å². The normalized spacial score (nSPS) is 7.91. The van der Waals surface area contributed by atoms with Crippen LogP contribution < -0.4 is 11.1 Å². The molecule has 4 heteroatoms. The fraction of sp³-hybridized carbons (Fsp3) is 0.286. The molecule has 0 aliphatic heterocycles. The number of aliphatic hydroxyl groups excluding tert-OH is 1. The van der Waals surface area contributed by atoms with Gasteiger partial charge in [-0.1, -0.05) is 0 Å². The third-order valence-corrected chi connectivity index (χ3v) is 1.12. The van der Waals surface area contributed by atoms with E-state index in [0.29, 0.717) is 5.69 Å². The fourth-order valence-corrected chi connectivity index (χ4v) is 0.634. The molecule has 0 atom stereocenters. The first kappa shape index (κ1) is 9.71. The smallest absolute Gasteiger partial charge is 0.0736 e. The maximum atomic E-state index is 7.00. The average molecular weight is 155 g/mol. The van der Waals surface area contributed by atoms with Crippen molar-refractivity contribution in [1.82, 2.24) is 4.98 Å². The highest BCUT2D eigenvalue weighted by Gasteiger charge is 1.90. The van der Waals surface area contributed by atoms with Crippen LogP contribution in [0.5, 0.6) is 0 Å². The second-order valence-electron chi connectivity index (χ2n) is 1.71. The highest BCUT2D eigenvalue weighted by molar-refractivity contribution is 5.63. The Bertz CT molecular complexity index is 203. The summed E-state index contributed by atoms with van der Waals surface area (Å²) in [4.78, 5) is 3.83. The first-order valence-electron chi connectivity index (χ1n) is 3.16. The zero-order valence-electron chi connectivity index (χ0n) is 6.70. The second kappa shape index (κ2) is 5.49. The maximum Gasteiger partial charge on any atom is 0.0736 e. The predicted molar refractivity (Wildman–Crippen MR) is 46.3 cm³/mol. The van der Waals surface area contributed by atoms with Crippen molar-refractivity contribution in [3.8, 4) is 0 Å². The van der Waals surface area contributed by atoms with Gasteiger partial charge in [-0.25, -0.2) is 0 Å². The Kier molecular flexibility index (Phi) is 4.85. The van der Waals surface area contributed by atoms with Gasteiger partial charge in [0.1, 0.15) is 0 Å². The first-order valence-corrected chi connectivity index (χ1v) is 3.16. The molecule has 1 aromatic rings. The molecule has 0 aliphatic carbocycles. The van der Waals surface area contributed by atoms with Gasteiger partial charge in [0.05, 0.1) is 17.6 Å². The fourth-order valence-electron chi connectivity index (χ4n) is 0.634. The Balaban J connectivity index is 0.000000461. The number of aliphatic hydroxyl groups is 1. The zero-order chi connectivity index (χ0) is 8.69. The van der Waals surface area contributed by atoms with E-state index in [0.717, 1.165) is 12.8 Å². The lowest BCUT2D eigenvalue weighted by molar-refractivity contribution is 0.399. The van der Waals surface area contributed by atoms with E-state index in [1.807, 2.05) is 13.1 Å². The molecule has 0 aliphatic rings. The van der Waals surface area contributed by atoms with Crippen molar-refractivity contribution < 1.29 is 5.11 Å². The number of hydrogen-bond acceptors (Lipinski definition) is 4. The van der Waals surface area contributed by atoms with Crippen LogP contribution >= 0.6 is 0 Å². The van der Waals surface area contributed by atoms with Gasteiger partial charge >= 0.3 is 0 Å². The Labute approximate surface area is 66.1 Å². The third-order valence-electron chi connectivity index (χ3n) is 1.12. The minimum Gasteiger partial charge on any atom is -0.400 e. The van der Waals surface area contributed by atoms with Crippen molar-refractivity contribution in [1.29, 1.82) is 0 Å². The SMILES string of the molecule is CNc1ccncc1N.CO. The summed E-state index contributed by atoms with van der Waals surface area (Å²) < 4.78 is 0. The lowest BCUT2D eigenvalue weighted by Gasteiger charge is -2.00. The van der Waals surface area contributed by atoms with Crippen LogP contribution in [0.1, 0.15) is 0 Å². The van der Waals surface area contributed by atoms with Crippen molar-refractivity contribution in [2.24, 2.45) is 0 Å². The van der Waals surface area contributed by atoms with Gasteiger partial charge in [-0.3, -0.25) is 4.98 Å². The third kappa shape index (κ3) is 2.86. The number of pyridine rings is 1. The van der Waals surface area contributed by atoms with Crippen molar-refractivity contribution in [2.75, 3.05) is 25.2 Å². The van der Waals surface area contributed by atoms with Gasteiger partial charge in [-0.15, -0.1) is 0 Å². The van der Waals surface area contributed by atoms with Crippen molar-refractivity contribution >= 4 is 11.4 Å². The van der Waals surface area contributed by atoms with Crippen LogP contribution in [0.25, 0.3) is 0 Å². The van der Waals surface area contributed by atoms with Crippen LogP contribution in [-0.4, -0.2) is 24.2 Å². The van der Waals surface area contributed by atoms with E-state index >= 15 is 0 Å². The van der Waals surface area contributed by atoms with Crippen LogP contribution in [0.15, 0.2) is 18.5 Å². The summed E-state index contributed by atoms with van der Waals surface area (Å²) in [5.74, 6) is 0. The predicted octanol–water partition coefficient (Wildman–Crippen LogP) is 0.314. The number of nitrogens with one attached hydrogen (secondary N) is 1. The standard InChI is InChI=1S/C6H9N3.CH4O/c1-8-6-2-3-9-4-5(6)7;1-2/h2-4H,7H2,1H3,(H,8,9);2H,1H3. The summed E-state index contributed by atoms with van der Waals surface area (Å²) in [7, 11) is 2.83. The van der Waals surface area contributed by atoms with Crippen LogP contribution in [0, 0.1) is 0 Å². The summed E-state index contributed by atoms with van der Waals surface area (Å²) in [6.45, 7) is 0. The largest absolute Gasteiger partial charge is 0.400 e. The Morgan fingerprint density at radius 3 is 2.55 bits per heavy atom. The molecule has 1 heterocycles. The van der Waals surface area contributed by atoms with Crippen LogP contribution in [-0.2, 0) is 0 Å². The molecule has 0 radical (unpaired) electrons. The summed E-state index contributed by atoms with van der Waals surface area (Å²) in [5, 5.41) is 9.93. The van der Waals surface area contributed by atoms with Crippen molar-refractivity contribution in [2.45, 2.75) is 0 Å². The molecule has 0 amide bonds. The molecule has 0 fully saturated rings. The van der Waals surface area contributed by atoms with E-state index in [1.165, 1.54) is 0 Å². The van der Waals surface area contributed by atoms with Gasteiger partial charge in [0.15, 0.2) is 0 Å². The van der Waals surface area contributed by atoms with E-state index in [4.69, 9.17) is 10.8 Å². The summed E-state index contributed by atoms with van der Waals surface area (Å²) >= 11 is 0.